The van der Waals surface area contributed by atoms with Crippen molar-refractivity contribution in [1.29, 1.82) is 0 Å². The Morgan fingerprint density at radius 2 is 2.25 bits per heavy atom. The molecule has 1 aromatic heterocycles. The van der Waals surface area contributed by atoms with Gasteiger partial charge in [-0.3, -0.25) is 0 Å². The molecule has 2 aromatic rings. The van der Waals surface area contributed by atoms with Crippen LogP contribution in [-0.4, -0.2) is 22.8 Å². The maximum Gasteiger partial charge on any atom is 0.125 e. The van der Waals surface area contributed by atoms with Crippen molar-refractivity contribution in [2.24, 2.45) is 13.0 Å². The van der Waals surface area contributed by atoms with Crippen molar-refractivity contribution >= 4 is 0 Å². The first kappa shape index (κ1) is 15.5. The van der Waals surface area contributed by atoms with Gasteiger partial charge in [-0.1, -0.05) is 0 Å². The van der Waals surface area contributed by atoms with E-state index in [1.54, 1.807) is 7.11 Å². The molecule has 0 amide bonds. The first-order valence-corrected chi connectivity index (χ1v) is 8.72. The SMILES string of the molecule is COc1cc2c(cc1CN[C@H](c1nccn1C)C1CC1)O[C@@H](C)C2. The summed E-state index contributed by atoms with van der Waals surface area (Å²) in [6.07, 6.45) is 7.63. The van der Waals surface area contributed by atoms with E-state index in [0.29, 0.717) is 12.0 Å². The molecule has 0 bridgehead atoms. The summed E-state index contributed by atoms with van der Waals surface area (Å²) in [7, 11) is 3.80. The number of aryl methyl sites for hydroxylation is 1. The van der Waals surface area contributed by atoms with Crippen molar-refractivity contribution in [2.75, 3.05) is 7.11 Å². The Kier molecular flexibility index (Phi) is 3.96. The Bertz CT molecular complexity index is 736. The molecule has 2 heterocycles. The van der Waals surface area contributed by atoms with Gasteiger partial charge in [-0.05, 0) is 37.8 Å². The smallest absolute Gasteiger partial charge is 0.125 e. The van der Waals surface area contributed by atoms with E-state index >= 15 is 0 Å². The lowest BCUT2D eigenvalue weighted by Crippen LogP contribution is -2.25. The maximum atomic E-state index is 5.91. The lowest BCUT2D eigenvalue weighted by atomic mass is 10.1. The van der Waals surface area contributed by atoms with Crippen molar-refractivity contribution in [2.45, 2.75) is 44.9 Å². The van der Waals surface area contributed by atoms with Crippen LogP contribution < -0.4 is 14.8 Å². The van der Waals surface area contributed by atoms with E-state index in [1.807, 2.05) is 12.4 Å². The van der Waals surface area contributed by atoms with Gasteiger partial charge < -0.3 is 19.4 Å². The molecule has 1 fully saturated rings. The average molecular weight is 327 g/mol. The summed E-state index contributed by atoms with van der Waals surface area (Å²) in [5, 5.41) is 3.70. The lowest BCUT2D eigenvalue weighted by Gasteiger charge is -2.19. The van der Waals surface area contributed by atoms with Crippen LogP contribution >= 0.6 is 0 Å². The number of imidazole rings is 1. The minimum Gasteiger partial charge on any atom is -0.496 e. The van der Waals surface area contributed by atoms with Crippen LogP contribution in [0, 0.1) is 5.92 Å². The molecule has 24 heavy (non-hydrogen) atoms. The highest BCUT2D eigenvalue weighted by Gasteiger charge is 2.34. The van der Waals surface area contributed by atoms with Crippen LogP contribution in [0.25, 0.3) is 0 Å². The van der Waals surface area contributed by atoms with Crippen molar-refractivity contribution < 1.29 is 9.47 Å². The number of methoxy groups -OCH3 is 1. The van der Waals surface area contributed by atoms with Crippen molar-refractivity contribution in [3.8, 4) is 11.5 Å². The quantitative estimate of drug-likeness (QED) is 0.886. The molecule has 0 radical (unpaired) electrons. The van der Waals surface area contributed by atoms with E-state index in [1.165, 1.54) is 18.4 Å². The van der Waals surface area contributed by atoms with Crippen molar-refractivity contribution in [3.63, 3.8) is 0 Å². The number of ether oxygens (including phenoxy) is 2. The van der Waals surface area contributed by atoms with Crippen LogP contribution in [0.3, 0.4) is 0 Å². The molecule has 5 nitrogen and oxygen atoms in total. The van der Waals surface area contributed by atoms with Gasteiger partial charge in [0, 0.05) is 43.5 Å². The number of benzene rings is 1. The number of rotatable bonds is 6. The van der Waals surface area contributed by atoms with E-state index in [-0.39, 0.29) is 6.10 Å². The van der Waals surface area contributed by atoms with E-state index in [2.05, 4.69) is 41.0 Å². The van der Waals surface area contributed by atoms with Gasteiger partial charge in [0.1, 0.15) is 23.4 Å². The molecule has 4 rings (SSSR count). The predicted molar refractivity (Wildman–Crippen MR) is 92.3 cm³/mol. The Hall–Kier alpha value is -2.01. The zero-order valence-electron chi connectivity index (χ0n) is 14.6. The van der Waals surface area contributed by atoms with E-state index < -0.39 is 0 Å². The fraction of sp³-hybridized carbons (Fsp3) is 0.526. The number of nitrogens with one attached hydrogen (secondary N) is 1. The monoisotopic (exact) mass is 327 g/mol. The number of nitrogens with zero attached hydrogens (tertiary/aromatic N) is 2. The Balaban J connectivity index is 1.54. The van der Waals surface area contributed by atoms with Crippen LogP contribution in [0.2, 0.25) is 0 Å². The highest BCUT2D eigenvalue weighted by atomic mass is 16.5. The summed E-state index contributed by atoms with van der Waals surface area (Å²) in [4.78, 5) is 4.54. The topological polar surface area (TPSA) is 48.3 Å². The molecule has 0 saturated heterocycles. The standard InChI is InChI=1S/C19H25N3O2/c1-12-8-14-9-16(23-3)15(10-17(14)24-12)11-21-18(13-4-5-13)19-20-6-7-22(19)2/h6-7,9-10,12-13,18,21H,4-5,8,11H2,1-3H3/t12-,18-/m0/s1. The largest absolute Gasteiger partial charge is 0.496 e. The third-order valence-electron chi connectivity index (χ3n) is 5.04. The molecule has 0 spiro atoms. The summed E-state index contributed by atoms with van der Waals surface area (Å²) in [6.45, 7) is 2.86. The molecule has 128 valence electrons. The third kappa shape index (κ3) is 2.88. The molecule has 2 atom stereocenters. The lowest BCUT2D eigenvalue weighted by molar-refractivity contribution is 0.254. The molecule has 2 aliphatic rings. The Labute approximate surface area is 143 Å². The second-order valence-corrected chi connectivity index (χ2v) is 7.00. The summed E-state index contributed by atoms with van der Waals surface area (Å²) < 4.78 is 13.6. The molecular formula is C19H25N3O2. The van der Waals surface area contributed by atoms with Crippen molar-refractivity contribution in [1.82, 2.24) is 14.9 Å². The third-order valence-corrected chi connectivity index (χ3v) is 5.04. The van der Waals surface area contributed by atoms with Gasteiger partial charge in [-0.2, -0.15) is 0 Å². The Morgan fingerprint density at radius 3 is 2.92 bits per heavy atom. The van der Waals surface area contributed by atoms with E-state index in [9.17, 15) is 0 Å². The first-order valence-electron chi connectivity index (χ1n) is 8.72. The fourth-order valence-electron chi connectivity index (χ4n) is 3.60. The van der Waals surface area contributed by atoms with Crippen LogP contribution in [0.15, 0.2) is 24.5 Å². The number of hydrogen-bond acceptors (Lipinski definition) is 4. The minimum absolute atomic E-state index is 0.250. The zero-order valence-corrected chi connectivity index (χ0v) is 14.6. The maximum absolute atomic E-state index is 5.91. The number of fused-ring (bicyclic) bond motifs is 1. The van der Waals surface area contributed by atoms with Gasteiger partial charge in [0.25, 0.3) is 0 Å². The van der Waals surface area contributed by atoms with Gasteiger partial charge in [0.05, 0.1) is 13.2 Å². The molecule has 1 aromatic carbocycles. The molecular weight excluding hydrogens is 302 g/mol. The van der Waals surface area contributed by atoms with Gasteiger partial charge >= 0.3 is 0 Å². The summed E-state index contributed by atoms with van der Waals surface area (Å²) in [5.41, 5.74) is 2.39. The second-order valence-electron chi connectivity index (χ2n) is 7.00. The highest BCUT2D eigenvalue weighted by molar-refractivity contribution is 5.48. The van der Waals surface area contributed by atoms with Gasteiger partial charge in [-0.15, -0.1) is 0 Å². The van der Waals surface area contributed by atoms with Crippen LogP contribution in [-0.2, 0) is 20.0 Å². The molecule has 1 N–H and O–H groups in total. The zero-order chi connectivity index (χ0) is 16.7. The van der Waals surface area contributed by atoms with Gasteiger partial charge in [-0.25, -0.2) is 4.98 Å². The molecule has 5 heteroatoms. The van der Waals surface area contributed by atoms with Gasteiger partial charge in [0.2, 0.25) is 0 Å². The minimum atomic E-state index is 0.250. The predicted octanol–water partition coefficient (Wildman–Crippen LogP) is 2.99. The number of aromatic nitrogens is 2. The first-order chi connectivity index (χ1) is 11.7. The highest BCUT2D eigenvalue weighted by Crippen LogP contribution is 2.41. The molecule has 0 unspecified atom stereocenters. The van der Waals surface area contributed by atoms with Crippen LogP contribution in [0.1, 0.15) is 42.8 Å². The number of hydrogen-bond donors (Lipinski definition) is 1. The molecule has 1 aliphatic heterocycles. The summed E-state index contributed by atoms with van der Waals surface area (Å²) in [5.74, 6) is 3.73. The summed E-state index contributed by atoms with van der Waals surface area (Å²) >= 11 is 0. The second kappa shape index (κ2) is 6.13. The normalized spacial score (nSPS) is 20.5. The average Bonchev–Trinajstić information content (AvgIpc) is 3.21. The summed E-state index contributed by atoms with van der Waals surface area (Å²) in [6, 6.07) is 4.55. The van der Waals surface area contributed by atoms with Gasteiger partial charge in [0.15, 0.2) is 0 Å². The van der Waals surface area contributed by atoms with Crippen LogP contribution in [0.4, 0.5) is 0 Å². The molecule has 1 aliphatic carbocycles. The van der Waals surface area contributed by atoms with Crippen LogP contribution in [0.5, 0.6) is 11.5 Å². The van der Waals surface area contributed by atoms with E-state index in [0.717, 1.165) is 35.9 Å². The van der Waals surface area contributed by atoms with E-state index in [4.69, 9.17) is 9.47 Å². The Morgan fingerprint density at radius 1 is 1.42 bits per heavy atom. The fourth-order valence-corrected chi connectivity index (χ4v) is 3.60. The molecule has 1 saturated carbocycles. The van der Waals surface area contributed by atoms with Crippen molar-refractivity contribution in [3.05, 3.63) is 41.5 Å².